The summed E-state index contributed by atoms with van der Waals surface area (Å²) in [6, 6.07) is 17.4. The molecule has 2 saturated heterocycles. The molecule has 3 unspecified atom stereocenters. The van der Waals surface area contributed by atoms with Crippen LogP contribution in [-0.2, 0) is 20.8 Å². The van der Waals surface area contributed by atoms with Crippen LogP contribution in [0, 0.1) is 16.0 Å². The van der Waals surface area contributed by atoms with E-state index in [1.165, 1.54) is 35.4 Å². The molecule has 2 aliphatic heterocycles. The lowest BCUT2D eigenvalue weighted by Gasteiger charge is -2.28. The molecule has 2 fully saturated rings. The number of hydroxylamine groups is 1. The Morgan fingerprint density at radius 2 is 1.69 bits per heavy atom. The summed E-state index contributed by atoms with van der Waals surface area (Å²) in [6.07, 6.45) is -0.267. The van der Waals surface area contributed by atoms with Crippen molar-refractivity contribution in [1.29, 1.82) is 0 Å². The third-order valence-corrected chi connectivity index (χ3v) is 7.04. The molecule has 10 heteroatoms. The minimum atomic E-state index is -1.10. The molecule has 2 amide bonds. The molecule has 2 aliphatic rings. The van der Waals surface area contributed by atoms with Crippen LogP contribution in [0.2, 0.25) is 10.0 Å². The highest BCUT2D eigenvalue weighted by Gasteiger charge is 2.60. The lowest BCUT2D eigenvalue weighted by atomic mass is 9.90. The molecule has 0 aliphatic carbocycles. The second kappa shape index (κ2) is 8.96. The maximum atomic E-state index is 13.7. The van der Waals surface area contributed by atoms with E-state index < -0.39 is 34.8 Å². The SMILES string of the molecule is CCc1ccc(C2C3C(=O)N(c4ccc(Cl)c(Cl)c4)C(=O)C3ON2c2cccc([N+](=O)[O-])c2)cc1. The van der Waals surface area contributed by atoms with Crippen molar-refractivity contribution < 1.29 is 19.3 Å². The van der Waals surface area contributed by atoms with E-state index in [1.54, 1.807) is 12.1 Å². The van der Waals surface area contributed by atoms with Crippen molar-refractivity contribution in [3.63, 3.8) is 0 Å². The second-order valence-electron chi connectivity index (χ2n) is 8.30. The number of imide groups is 1. The number of aryl methyl sites for hydroxylation is 1. The molecule has 3 aromatic carbocycles. The Kier molecular flexibility index (Phi) is 5.96. The number of amides is 2. The highest BCUT2D eigenvalue weighted by Crippen LogP contribution is 2.48. The summed E-state index contributed by atoms with van der Waals surface area (Å²) < 4.78 is 0. The Morgan fingerprint density at radius 3 is 2.34 bits per heavy atom. The van der Waals surface area contributed by atoms with Gasteiger partial charge in [0.05, 0.1) is 32.4 Å². The molecule has 0 bridgehead atoms. The predicted octanol–water partition coefficient (Wildman–Crippen LogP) is 5.52. The van der Waals surface area contributed by atoms with Crippen molar-refractivity contribution in [1.82, 2.24) is 0 Å². The fraction of sp³-hybridized carbons (Fsp3) is 0.200. The second-order valence-corrected chi connectivity index (χ2v) is 9.12. The number of fused-ring (bicyclic) bond motifs is 1. The lowest BCUT2D eigenvalue weighted by Crippen LogP contribution is -2.37. The zero-order valence-corrected chi connectivity index (χ0v) is 19.9. The van der Waals surface area contributed by atoms with Crippen LogP contribution in [-0.4, -0.2) is 22.8 Å². The van der Waals surface area contributed by atoms with E-state index in [1.807, 2.05) is 31.2 Å². The number of carbonyl (C=O) groups excluding carboxylic acids is 2. The summed E-state index contributed by atoms with van der Waals surface area (Å²) in [5.74, 6) is -1.86. The molecule has 3 aromatic rings. The minimum Gasteiger partial charge on any atom is -0.273 e. The summed E-state index contributed by atoms with van der Waals surface area (Å²) >= 11 is 12.1. The average molecular weight is 512 g/mol. The number of rotatable bonds is 5. The van der Waals surface area contributed by atoms with Crippen molar-refractivity contribution in [2.75, 3.05) is 9.96 Å². The highest BCUT2D eigenvalue weighted by molar-refractivity contribution is 6.42. The Morgan fingerprint density at radius 1 is 0.943 bits per heavy atom. The van der Waals surface area contributed by atoms with Gasteiger partial charge in [0.2, 0.25) is 5.91 Å². The Bertz CT molecular complexity index is 1350. The number of carbonyl (C=O) groups is 2. The van der Waals surface area contributed by atoms with Gasteiger partial charge in [-0.2, -0.15) is 0 Å². The summed E-state index contributed by atoms with van der Waals surface area (Å²) in [7, 11) is 0. The van der Waals surface area contributed by atoms with E-state index in [0.717, 1.165) is 22.4 Å². The number of anilines is 2. The Balaban J connectivity index is 1.59. The molecule has 3 atom stereocenters. The topological polar surface area (TPSA) is 93.0 Å². The van der Waals surface area contributed by atoms with E-state index in [9.17, 15) is 19.7 Å². The molecule has 0 spiro atoms. The van der Waals surface area contributed by atoms with Crippen molar-refractivity contribution in [2.45, 2.75) is 25.5 Å². The van der Waals surface area contributed by atoms with Crippen LogP contribution in [0.1, 0.15) is 24.1 Å². The monoisotopic (exact) mass is 511 g/mol. The summed E-state index contributed by atoms with van der Waals surface area (Å²) in [4.78, 5) is 45.0. The van der Waals surface area contributed by atoms with E-state index in [4.69, 9.17) is 28.0 Å². The average Bonchev–Trinajstić information content (AvgIpc) is 3.37. The molecule has 0 N–H and O–H groups in total. The van der Waals surface area contributed by atoms with Crippen LogP contribution in [0.3, 0.4) is 0 Å². The molecule has 2 heterocycles. The van der Waals surface area contributed by atoms with Crippen LogP contribution in [0.25, 0.3) is 0 Å². The first kappa shape index (κ1) is 23.3. The summed E-state index contributed by atoms with van der Waals surface area (Å²) in [5.41, 5.74) is 2.41. The van der Waals surface area contributed by atoms with Gasteiger partial charge in [0.15, 0.2) is 6.10 Å². The normalized spacial score (nSPS) is 21.5. The van der Waals surface area contributed by atoms with Crippen molar-refractivity contribution in [3.8, 4) is 0 Å². The van der Waals surface area contributed by atoms with E-state index in [2.05, 4.69) is 0 Å². The van der Waals surface area contributed by atoms with Crippen molar-refractivity contribution in [2.24, 2.45) is 5.92 Å². The molecule has 8 nitrogen and oxygen atoms in total. The molecule has 5 rings (SSSR count). The molecular formula is C25H19Cl2N3O5. The van der Waals surface area contributed by atoms with Gasteiger partial charge in [0.1, 0.15) is 5.92 Å². The standard InChI is InChI=1S/C25H19Cl2N3O5/c1-2-14-6-8-15(9-7-14)22-21-23(35-29(22)17-4-3-5-18(12-17)30(33)34)25(32)28(24(21)31)16-10-11-19(26)20(27)13-16/h3-13,21-23H,2H2,1H3. The maximum absolute atomic E-state index is 13.7. The molecule has 178 valence electrons. The van der Waals surface area contributed by atoms with E-state index in [-0.39, 0.29) is 10.7 Å². The molecule has 0 aromatic heterocycles. The molecule has 0 saturated carbocycles. The fourth-order valence-corrected chi connectivity index (χ4v) is 4.84. The zero-order valence-electron chi connectivity index (χ0n) is 18.4. The maximum Gasteiger partial charge on any atom is 0.271 e. The van der Waals surface area contributed by atoms with E-state index in [0.29, 0.717) is 16.4 Å². The number of halogens is 2. The van der Waals surface area contributed by atoms with E-state index >= 15 is 0 Å². The third-order valence-electron chi connectivity index (χ3n) is 6.30. The minimum absolute atomic E-state index is 0.127. The van der Waals surface area contributed by atoms with Gasteiger partial charge in [-0.15, -0.1) is 0 Å². The highest BCUT2D eigenvalue weighted by atomic mass is 35.5. The number of nitro groups is 1. The third kappa shape index (κ3) is 3.93. The van der Waals surface area contributed by atoms with Crippen LogP contribution >= 0.6 is 23.2 Å². The van der Waals surface area contributed by atoms with Crippen LogP contribution in [0.5, 0.6) is 0 Å². The lowest BCUT2D eigenvalue weighted by molar-refractivity contribution is -0.384. The smallest absolute Gasteiger partial charge is 0.271 e. The van der Waals surface area contributed by atoms with Crippen molar-refractivity contribution >= 4 is 52.1 Å². The number of non-ortho nitro benzene ring substituents is 1. The first-order valence-corrected chi connectivity index (χ1v) is 11.7. The number of benzene rings is 3. The van der Waals surface area contributed by atoms with Gasteiger partial charge >= 0.3 is 0 Å². The van der Waals surface area contributed by atoms with Gasteiger partial charge in [-0.05, 0) is 41.8 Å². The molecule has 35 heavy (non-hydrogen) atoms. The molecular weight excluding hydrogens is 493 g/mol. The first-order chi connectivity index (χ1) is 16.8. The van der Waals surface area contributed by atoms with Gasteiger partial charge in [-0.3, -0.25) is 24.5 Å². The first-order valence-electron chi connectivity index (χ1n) is 10.9. The molecule has 0 radical (unpaired) electrons. The van der Waals surface area contributed by atoms with Crippen LogP contribution < -0.4 is 9.96 Å². The largest absolute Gasteiger partial charge is 0.273 e. The van der Waals surface area contributed by atoms with Crippen molar-refractivity contribution in [3.05, 3.63) is 98.0 Å². The van der Waals surface area contributed by atoms with Crippen LogP contribution in [0.4, 0.5) is 17.1 Å². The van der Waals surface area contributed by atoms with Gasteiger partial charge in [-0.1, -0.05) is 60.5 Å². The van der Waals surface area contributed by atoms with Gasteiger partial charge in [-0.25, -0.2) is 9.96 Å². The number of hydrogen-bond donors (Lipinski definition) is 0. The Hall–Kier alpha value is -3.46. The van der Waals surface area contributed by atoms with Gasteiger partial charge in [0.25, 0.3) is 11.6 Å². The number of nitro benzene ring substituents is 1. The zero-order chi connectivity index (χ0) is 24.9. The van der Waals surface area contributed by atoms with Gasteiger partial charge in [0, 0.05) is 12.1 Å². The van der Waals surface area contributed by atoms with Crippen LogP contribution in [0.15, 0.2) is 66.7 Å². The summed E-state index contributed by atoms with van der Waals surface area (Å²) in [6.45, 7) is 2.04. The Labute approximate surface area is 210 Å². The predicted molar refractivity (Wildman–Crippen MR) is 131 cm³/mol. The number of hydrogen-bond acceptors (Lipinski definition) is 6. The quantitative estimate of drug-likeness (QED) is 0.254. The fourth-order valence-electron chi connectivity index (χ4n) is 4.55. The number of nitrogens with zero attached hydrogens (tertiary/aromatic N) is 3. The summed E-state index contributed by atoms with van der Waals surface area (Å²) in [5, 5.41) is 13.3. The van der Waals surface area contributed by atoms with Gasteiger partial charge < -0.3 is 0 Å².